The maximum absolute atomic E-state index is 10.8. The van der Waals surface area contributed by atoms with Gasteiger partial charge >= 0.3 is 0 Å². The number of imidazole rings is 1. The van der Waals surface area contributed by atoms with Gasteiger partial charge in [0.25, 0.3) is 0 Å². The number of rotatable bonds is 7. The molecular weight excluding hydrogens is 264 g/mol. The van der Waals surface area contributed by atoms with Gasteiger partial charge in [-0.3, -0.25) is 9.63 Å². The summed E-state index contributed by atoms with van der Waals surface area (Å²) in [6.45, 7) is 2.42. The summed E-state index contributed by atoms with van der Waals surface area (Å²) in [5, 5.41) is -0.560. The molecule has 7 heteroatoms. The van der Waals surface area contributed by atoms with Crippen molar-refractivity contribution in [3.8, 4) is 0 Å². The molecule has 2 atom stereocenters. The van der Waals surface area contributed by atoms with Crippen LogP contribution in [0.4, 0.5) is 0 Å². The van der Waals surface area contributed by atoms with Crippen molar-refractivity contribution in [1.29, 1.82) is 0 Å². The van der Waals surface area contributed by atoms with Crippen molar-refractivity contribution in [3.05, 3.63) is 30.1 Å². The van der Waals surface area contributed by atoms with Gasteiger partial charge in [0, 0.05) is 13.0 Å². The summed E-state index contributed by atoms with van der Waals surface area (Å²) in [5.74, 6) is 0.881. The Bertz CT molecular complexity index is 524. The van der Waals surface area contributed by atoms with Crippen LogP contribution in [0.5, 0.6) is 0 Å². The lowest BCUT2D eigenvalue weighted by Gasteiger charge is -2.19. The van der Waals surface area contributed by atoms with E-state index >= 15 is 0 Å². The first kappa shape index (κ1) is 14.1. The number of aromatic nitrogens is 2. The van der Waals surface area contributed by atoms with E-state index in [-0.39, 0.29) is 0 Å². The molecule has 0 radical (unpaired) electrons. The Kier molecular flexibility index (Phi) is 5.03. The van der Waals surface area contributed by atoms with Crippen LogP contribution in [0.2, 0.25) is 0 Å². The normalized spacial score (nSPS) is 14.6. The fraction of sp³-hybridized carbons (Fsp3) is 0.417. The van der Waals surface area contributed by atoms with Crippen molar-refractivity contribution < 1.29 is 8.76 Å². The summed E-state index contributed by atoms with van der Waals surface area (Å²) >= 11 is -2.11. The molecule has 0 aliphatic heterocycles. The first-order valence-corrected chi connectivity index (χ1v) is 7.34. The van der Waals surface area contributed by atoms with Crippen molar-refractivity contribution in [2.24, 2.45) is 0 Å². The molecule has 1 aromatic heterocycles. The quantitative estimate of drug-likeness (QED) is 0.397. The zero-order valence-electron chi connectivity index (χ0n) is 10.7. The van der Waals surface area contributed by atoms with Crippen LogP contribution < -0.4 is 10.9 Å². The first-order chi connectivity index (χ1) is 9.20. The predicted octanol–water partition coefficient (Wildman–Crippen LogP) is 0.815. The zero-order chi connectivity index (χ0) is 13.7. The fourth-order valence-electron chi connectivity index (χ4n) is 1.78. The van der Waals surface area contributed by atoms with Crippen molar-refractivity contribution in [3.63, 3.8) is 0 Å². The van der Waals surface area contributed by atoms with E-state index in [2.05, 4.69) is 20.8 Å². The minimum atomic E-state index is -2.11. The minimum absolute atomic E-state index is 0.522. The predicted molar refractivity (Wildman–Crippen MR) is 73.9 cm³/mol. The van der Waals surface area contributed by atoms with E-state index in [1.54, 1.807) is 0 Å². The molecule has 0 aliphatic rings. The van der Waals surface area contributed by atoms with Gasteiger partial charge in [0.05, 0.1) is 16.4 Å². The van der Waals surface area contributed by atoms with Gasteiger partial charge in [-0.1, -0.05) is 19.1 Å². The average molecular weight is 281 g/mol. The Labute approximate surface area is 114 Å². The molecular formula is C12H17N4O2S-. The molecule has 0 aliphatic carbocycles. The van der Waals surface area contributed by atoms with Crippen molar-refractivity contribution in [1.82, 2.24) is 20.8 Å². The molecule has 0 bridgehead atoms. The third kappa shape index (κ3) is 3.84. The van der Waals surface area contributed by atoms with Gasteiger partial charge in [0.15, 0.2) is 0 Å². The SMILES string of the molecule is CCC(NNCCc1nc2ccccc2[nH]1)S(=O)[O-]. The van der Waals surface area contributed by atoms with E-state index in [1.165, 1.54) is 0 Å². The molecule has 0 spiro atoms. The highest BCUT2D eigenvalue weighted by Gasteiger charge is 2.05. The lowest BCUT2D eigenvalue weighted by atomic mass is 10.3. The Morgan fingerprint density at radius 3 is 2.95 bits per heavy atom. The van der Waals surface area contributed by atoms with Gasteiger partial charge in [-0.25, -0.2) is 10.4 Å². The third-order valence-electron chi connectivity index (χ3n) is 2.79. The molecule has 1 heterocycles. The number of nitrogens with one attached hydrogen (secondary N) is 3. The van der Waals surface area contributed by atoms with E-state index in [4.69, 9.17) is 0 Å². The monoisotopic (exact) mass is 281 g/mol. The number of hydrazine groups is 1. The Morgan fingerprint density at radius 1 is 1.47 bits per heavy atom. The van der Waals surface area contributed by atoms with E-state index in [1.807, 2.05) is 31.2 Å². The first-order valence-electron chi connectivity index (χ1n) is 6.20. The largest absolute Gasteiger partial charge is 0.771 e. The number of para-hydroxylation sites is 2. The van der Waals surface area contributed by atoms with Crippen LogP contribution in [0.15, 0.2) is 24.3 Å². The molecule has 2 unspecified atom stereocenters. The Morgan fingerprint density at radius 2 is 2.26 bits per heavy atom. The van der Waals surface area contributed by atoms with E-state index in [9.17, 15) is 8.76 Å². The van der Waals surface area contributed by atoms with E-state index in [0.717, 1.165) is 16.9 Å². The Balaban J connectivity index is 1.81. The molecule has 0 saturated heterocycles. The molecule has 104 valence electrons. The lowest BCUT2D eigenvalue weighted by molar-refractivity contribution is 0.453. The molecule has 0 fully saturated rings. The second kappa shape index (κ2) is 6.76. The van der Waals surface area contributed by atoms with Gasteiger partial charge in [0.1, 0.15) is 5.82 Å². The van der Waals surface area contributed by atoms with Gasteiger partial charge in [-0.15, -0.1) is 0 Å². The molecule has 1 aromatic carbocycles. The van der Waals surface area contributed by atoms with Crippen LogP contribution >= 0.6 is 0 Å². The molecule has 0 amide bonds. The van der Waals surface area contributed by atoms with Crippen LogP contribution in [-0.4, -0.2) is 30.6 Å². The van der Waals surface area contributed by atoms with Crippen LogP contribution in [0.1, 0.15) is 19.2 Å². The lowest BCUT2D eigenvalue weighted by Crippen LogP contribution is -2.43. The molecule has 2 rings (SSSR count). The second-order valence-electron chi connectivity index (χ2n) is 4.18. The minimum Gasteiger partial charge on any atom is -0.771 e. The number of H-pyrrole nitrogens is 1. The molecule has 6 nitrogen and oxygen atoms in total. The summed E-state index contributed by atoms with van der Waals surface area (Å²) in [6.07, 6.45) is 1.22. The molecule has 0 saturated carbocycles. The van der Waals surface area contributed by atoms with E-state index in [0.29, 0.717) is 19.4 Å². The number of aromatic amines is 1. The highest BCUT2D eigenvalue weighted by Crippen LogP contribution is 2.10. The van der Waals surface area contributed by atoms with Gasteiger partial charge < -0.3 is 9.54 Å². The van der Waals surface area contributed by atoms with Gasteiger partial charge in [-0.2, -0.15) is 0 Å². The number of nitrogens with zero attached hydrogens (tertiary/aromatic N) is 1. The van der Waals surface area contributed by atoms with Crippen molar-refractivity contribution in [2.75, 3.05) is 6.54 Å². The highest BCUT2D eigenvalue weighted by atomic mass is 32.2. The van der Waals surface area contributed by atoms with Crippen LogP contribution in [0, 0.1) is 0 Å². The Hall–Kier alpha value is -1.28. The maximum atomic E-state index is 10.8. The maximum Gasteiger partial charge on any atom is 0.108 e. The smallest absolute Gasteiger partial charge is 0.108 e. The topological polar surface area (TPSA) is 92.9 Å². The van der Waals surface area contributed by atoms with Crippen LogP contribution in [0.3, 0.4) is 0 Å². The molecule has 2 aromatic rings. The number of fused-ring (bicyclic) bond motifs is 1. The molecule has 19 heavy (non-hydrogen) atoms. The van der Waals surface area contributed by atoms with Crippen LogP contribution in [0.25, 0.3) is 11.0 Å². The number of hydrogen-bond acceptors (Lipinski definition) is 5. The molecule has 3 N–H and O–H groups in total. The van der Waals surface area contributed by atoms with Gasteiger partial charge in [-0.05, 0) is 29.6 Å². The van der Waals surface area contributed by atoms with Crippen LogP contribution in [-0.2, 0) is 17.5 Å². The summed E-state index contributed by atoms with van der Waals surface area (Å²) in [4.78, 5) is 7.66. The second-order valence-corrected chi connectivity index (χ2v) is 5.27. The summed E-state index contributed by atoms with van der Waals surface area (Å²) < 4.78 is 21.6. The zero-order valence-corrected chi connectivity index (χ0v) is 11.5. The average Bonchev–Trinajstić information content (AvgIpc) is 2.81. The van der Waals surface area contributed by atoms with E-state index < -0.39 is 16.5 Å². The van der Waals surface area contributed by atoms with Gasteiger partial charge in [0.2, 0.25) is 0 Å². The van der Waals surface area contributed by atoms with Crippen molar-refractivity contribution in [2.45, 2.75) is 25.1 Å². The third-order valence-corrected chi connectivity index (χ3v) is 3.71. The fourth-order valence-corrected chi connectivity index (χ4v) is 2.23. The standard InChI is InChI=1S/C12H18N4O2S/c1-2-12(19(17)18)16-13-8-7-11-14-9-5-3-4-6-10(9)15-11/h3-6,12-13,16H,2,7-8H2,1H3,(H,14,15)(H,17,18)/p-1. The number of hydrogen-bond donors (Lipinski definition) is 3. The summed E-state index contributed by atoms with van der Waals surface area (Å²) in [6, 6.07) is 7.83. The number of benzene rings is 1. The summed E-state index contributed by atoms with van der Waals surface area (Å²) in [7, 11) is 0. The summed E-state index contributed by atoms with van der Waals surface area (Å²) in [5.41, 5.74) is 7.63. The van der Waals surface area contributed by atoms with Crippen molar-refractivity contribution >= 4 is 22.1 Å². The highest BCUT2D eigenvalue weighted by molar-refractivity contribution is 7.79.